The molecule has 0 spiro atoms. The fourth-order valence-electron chi connectivity index (χ4n) is 1.16. The van der Waals surface area contributed by atoms with Crippen molar-refractivity contribution < 1.29 is 4.74 Å². The molecule has 0 saturated carbocycles. The number of hydrogen-bond donors (Lipinski definition) is 1. The van der Waals surface area contributed by atoms with Gasteiger partial charge in [-0.25, -0.2) is 0 Å². The maximum atomic E-state index is 5.15. The van der Waals surface area contributed by atoms with E-state index < -0.39 is 0 Å². The van der Waals surface area contributed by atoms with Crippen LogP contribution in [0.1, 0.15) is 25.6 Å². The molecule has 1 heterocycles. The predicted octanol–water partition coefficient (Wildman–Crippen LogP) is 1.77. The van der Waals surface area contributed by atoms with Crippen molar-refractivity contribution in [3.63, 3.8) is 0 Å². The minimum Gasteiger partial charge on any atom is -0.380 e. The van der Waals surface area contributed by atoms with Gasteiger partial charge in [-0.05, 0) is 26.0 Å². The van der Waals surface area contributed by atoms with Gasteiger partial charge in [0.05, 0.1) is 11.8 Å². The van der Waals surface area contributed by atoms with Crippen LogP contribution in [0.15, 0.2) is 24.4 Å². The molecule has 0 saturated heterocycles. The van der Waals surface area contributed by atoms with E-state index in [0.717, 1.165) is 12.2 Å². The SMILES string of the molecule is COC(C)CN[C@@H](C)c1ccccn1. The summed E-state index contributed by atoms with van der Waals surface area (Å²) in [6.07, 6.45) is 2.05. The molecule has 78 valence electrons. The van der Waals surface area contributed by atoms with Crippen LogP contribution < -0.4 is 5.32 Å². The second-order valence-corrected chi connectivity index (χ2v) is 3.43. The Labute approximate surface area is 85.5 Å². The van der Waals surface area contributed by atoms with Gasteiger partial charge in [0, 0.05) is 25.9 Å². The molecule has 14 heavy (non-hydrogen) atoms. The van der Waals surface area contributed by atoms with E-state index in [1.54, 1.807) is 7.11 Å². The zero-order valence-electron chi connectivity index (χ0n) is 9.03. The largest absolute Gasteiger partial charge is 0.380 e. The third-order valence-corrected chi connectivity index (χ3v) is 2.25. The van der Waals surface area contributed by atoms with E-state index in [1.165, 1.54) is 0 Å². The molecule has 2 atom stereocenters. The Hall–Kier alpha value is -0.930. The second kappa shape index (κ2) is 5.73. The molecule has 0 fully saturated rings. The lowest BCUT2D eigenvalue weighted by Gasteiger charge is -2.16. The summed E-state index contributed by atoms with van der Waals surface area (Å²) in [5, 5.41) is 3.36. The average Bonchev–Trinajstić information content (AvgIpc) is 2.26. The lowest BCUT2D eigenvalue weighted by Crippen LogP contribution is -2.28. The minimum atomic E-state index is 0.237. The quantitative estimate of drug-likeness (QED) is 0.775. The van der Waals surface area contributed by atoms with Crippen molar-refractivity contribution in [3.8, 4) is 0 Å². The Bertz CT molecular complexity index is 251. The Kier molecular flexibility index (Phi) is 4.56. The predicted molar refractivity (Wildman–Crippen MR) is 57.1 cm³/mol. The molecular weight excluding hydrogens is 176 g/mol. The summed E-state index contributed by atoms with van der Waals surface area (Å²) in [4.78, 5) is 4.28. The number of pyridine rings is 1. The van der Waals surface area contributed by atoms with Crippen molar-refractivity contribution in [3.05, 3.63) is 30.1 Å². The van der Waals surface area contributed by atoms with Gasteiger partial charge in [0.15, 0.2) is 0 Å². The molecule has 0 radical (unpaired) electrons. The minimum absolute atomic E-state index is 0.237. The number of rotatable bonds is 5. The van der Waals surface area contributed by atoms with Gasteiger partial charge in [0.1, 0.15) is 0 Å². The first-order valence-electron chi connectivity index (χ1n) is 4.91. The number of hydrogen-bond acceptors (Lipinski definition) is 3. The molecule has 0 aliphatic rings. The number of nitrogens with zero attached hydrogens (tertiary/aromatic N) is 1. The van der Waals surface area contributed by atoms with E-state index in [1.807, 2.05) is 31.3 Å². The fourth-order valence-corrected chi connectivity index (χ4v) is 1.16. The van der Waals surface area contributed by atoms with Crippen LogP contribution in [-0.4, -0.2) is 24.7 Å². The maximum absolute atomic E-state index is 5.15. The lowest BCUT2D eigenvalue weighted by atomic mass is 10.2. The van der Waals surface area contributed by atoms with Gasteiger partial charge >= 0.3 is 0 Å². The van der Waals surface area contributed by atoms with E-state index in [0.29, 0.717) is 0 Å². The van der Waals surface area contributed by atoms with Crippen molar-refractivity contribution in [2.75, 3.05) is 13.7 Å². The zero-order chi connectivity index (χ0) is 10.4. The fraction of sp³-hybridized carbons (Fsp3) is 0.545. The second-order valence-electron chi connectivity index (χ2n) is 3.43. The highest BCUT2D eigenvalue weighted by Crippen LogP contribution is 2.07. The number of aromatic nitrogens is 1. The average molecular weight is 194 g/mol. The molecule has 3 heteroatoms. The molecule has 0 bridgehead atoms. The van der Waals surface area contributed by atoms with Gasteiger partial charge in [-0.15, -0.1) is 0 Å². The standard InChI is InChI=1S/C11H18N2O/c1-9(14-3)8-13-10(2)11-6-4-5-7-12-11/h4-7,9-10,13H,8H2,1-3H3/t9?,10-/m0/s1. The molecule has 1 aromatic heterocycles. The van der Waals surface area contributed by atoms with Gasteiger partial charge < -0.3 is 10.1 Å². The Morgan fingerprint density at radius 2 is 2.21 bits per heavy atom. The van der Waals surface area contributed by atoms with Crippen molar-refractivity contribution in [2.24, 2.45) is 0 Å². The van der Waals surface area contributed by atoms with Crippen molar-refractivity contribution >= 4 is 0 Å². The van der Waals surface area contributed by atoms with Crippen molar-refractivity contribution in [1.29, 1.82) is 0 Å². The summed E-state index contributed by atoms with van der Waals surface area (Å²) < 4.78 is 5.15. The van der Waals surface area contributed by atoms with Crippen LogP contribution in [-0.2, 0) is 4.74 Å². The molecule has 1 unspecified atom stereocenters. The molecule has 1 aromatic rings. The highest BCUT2D eigenvalue weighted by molar-refractivity contribution is 5.07. The van der Waals surface area contributed by atoms with Crippen LogP contribution in [0.2, 0.25) is 0 Å². The smallest absolute Gasteiger partial charge is 0.0667 e. The van der Waals surface area contributed by atoms with E-state index in [2.05, 4.69) is 17.2 Å². The van der Waals surface area contributed by atoms with Crippen LogP contribution >= 0.6 is 0 Å². The topological polar surface area (TPSA) is 34.1 Å². The molecule has 1 N–H and O–H groups in total. The van der Waals surface area contributed by atoms with E-state index in [9.17, 15) is 0 Å². The summed E-state index contributed by atoms with van der Waals surface area (Å²) in [6.45, 7) is 4.98. The Balaban J connectivity index is 2.39. The highest BCUT2D eigenvalue weighted by Gasteiger charge is 2.06. The van der Waals surface area contributed by atoms with Crippen LogP contribution in [0.4, 0.5) is 0 Å². The third-order valence-electron chi connectivity index (χ3n) is 2.25. The molecule has 0 aromatic carbocycles. The van der Waals surface area contributed by atoms with Gasteiger partial charge in [-0.3, -0.25) is 4.98 Å². The number of ether oxygens (including phenoxy) is 1. The van der Waals surface area contributed by atoms with Gasteiger partial charge in [0.25, 0.3) is 0 Å². The first-order chi connectivity index (χ1) is 6.74. The van der Waals surface area contributed by atoms with Crippen LogP contribution in [0.3, 0.4) is 0 Å². The molecule has 3 nitrogen and oxygen atoms in total. The van der Waals surface area contributed by atoms with Crippen molar-refractivity contribution in [2.45, 2.75) is 26.0 Å². The first-order valence-corrected chi connectivity index (χ1v) is 4.91. The molecular formula is C11H18N2O. The molecule has 0 aliphatic carbocycles. The van der Waals surface area contributed by atoms with Gasteiger partial charge in [-0.2, -0.15) is 0 Å². The lowest BCUT2D eigenvalue weighted by molar-refractivity contribution is 0.114. The summed E-state index contributed by atoms with van der Waals surface area (Å²) >= 11 is 0. The van der Waals surface area contributed by atoms with Gasteiger partial charge in [0.2, 0.25) is 0 Å². The van der Waals surface area contributed by atoms with Crippen molar-refractivity contribution in [1.82, 2.24) is 10.3 Å². The Morgan fingerprint density at radius 1 is 1.43 bits per heavy atom. The summed E-state index contributed by atoms with van der Waals surface area (Å²) in [5.74, 6) is 0. The molecule has 0 amide bonds. The normalized spacial score (nSPS) is 15.1. The van der Waals surface area contributed by atoms with Gasteiger partial charge in [-0.1, -0.05) is 6.07 Å². The van der Waals surface area contributed by atoms with Crippen LogP contribution in [0, 0.1) is 0 Å². The monoisotopic (exact) mass is 194 g/mol. The highest BCUT2D eigenvalue weighted by atomic mass is 16.5. The molecule has 1 rings (SSSR count). The third kappa shape index (κ3) is 3.44. The molecule has 0 aliphatic heterocycles. The zero-order valence-corrected chi connectivity index (χ0v) is 9.03. The van der Waals surface area contributed by atoms with Crippen LogP contribution in [0.5, 0.6) is 0 Å². The van der Waals surface area contributed by atoms with E-state index in [4.69, 9.17) is 4.74 Å². The maximum Gasteiger partial charge on any atom is 0.0667 e. The number of nitrogens with one attached hydrogen (secondary N) is 1. The van der Waals surface area contributed by atoms with E-state index in [-0.39, 0.29) is 12.1 Å². The summed E-state index contributed by atoms with van der Waals surface area (Å²) in [6, 6.07) is 6.22. The summed E-state index contributed by atoms with van der Waals surface area (Å²) in [7, 11) is 1.72. The summed E-state index contributed by atoms with van der Waals surface area (Å²) in [5.41, 5.74) is 1.07. The van der Waals surface area contributed by atoms with Crippen LogP contribution in [0.25, 0.3) is 0 Å². The number of methoxy groups -OCH3 is 1. The Morgan fingerprint density at radius 3 is 2.79 bits per heavy atom. The first kappa shape index (κ1) is 11.1. The van der Waals surface area contributed by atoms with E-state index >= 15 is 0 Å².